The smallest absolute Gasteiger partial charge is 0.143 e. The van der Waals surface area contributed by atoms with Gasteiger partial charge in [0.25, 0.3) is 0 Å². The first-order valence-corrected chi connectivity index (χ1v) is 5.11. The van der Waals surface area contributed by atoms with Crippen LogP contribution in [0.2, 0.25) is 6.32 Å². The molecule has 2 atom stereocenters. The van der Waals surface area contributed by atoms with Crippen LogP contribution in [0.1, 0.15) is 33.1 Å². The summed E-state index contributed by atoms with van der Waals surface area (Å²) in [6.45, 7) is 5.86. The van der Waals surface area contributed by atoms with Crippen molar-refractivity contribution in [1.82, 2.24) is 5.32 Å². The molecule has 0 bridgehead atoms. The molecule has 0 saturated carbocycles. The maximum Gasteiger partial charge on any atom is 0.143 e. The summed E-state index contributed by atoms with van der Waals surface area (Å²) < 4.78 is 0. The summed E-state index contributed by atoms with van der Waals surface area (Å²) in [5, 5.41) is 3.59. The van der Waals surface area contributed by atoms with Crippen LogP contribution in [0.3, 0.4) is 0 Å². The second-order valence-corrected chi connectivity index (χ2v) is 3.66. The highest BCUT2D eigenvalue weighted by molar-refractivity contribution is 6.39. The van der Waals surface area contributed by atoms with Gasteiger partial charge in [0, 0.05) is 0 Å². The van der Waals surface area contributed by atoms with Crippen molar-refractivity contribution in [2.75, 3.05) is 6.54 Å². The Morgan fingerprint density at radius 2 is 2.36 bits per heavy atom. The normalized spacial score (nSPS) is 26.5. The molecule has 1 nitrogen and oxygen atoms in total. The zero-order chi connectivity index (χ0) is 8.10. The van der Waals surface area contributed by atoms with Crippen molar-refractivity contribution in [3.8, 4) is 0 Å². The van der Waals surface area contributed by atoms with Gasteiger partial charge in [-0.05, 0) is 24.8 Å². The first-order chi connectivity index (χ1) is 5.38. The average Bonchev–Trinajstić information content (AvgIpc) is 2.52. The lowest BCUT2D eigenvalue weighted by atomic mass is 9.64. The zero-order valence-electron chi connectivity index (χ0n) is 7.90. The molecule has 1 saturated heterocycles. The van der Waals surface area contributed by atoms with Gasteiger partial charge in [-0.2, -0.15) is 0 Å². The van der Waals surface area contributed by atoms with Gasteiger partial charge in [-0.15, -0.1) is 0 Å². The Labute approximate surface area is 71.2 Å². The van der Waals surface area contributed by atoms with Crippen LogP contribution in [0.5, 0.6) is 0 Å². The topological polar surface area (TPSA) is 12.0 Å². The van der Waals surface area contributed by atoms with Crippen molar-refractivity contribution < 1.29 is 0 Å². The van der Waals surface area contributed by atoms with Crippen LogP contribution in [0, 0.1) is 5.92 Å². The lowest BCUT2D eigenvalue weighted by molar-refractivity contribution is 0.410. The molecule has 1 rings (SSSR count). The van der Waals surface area contributed by atoms with Crippen molar-refractivity contribution >= 4 is 7.28 Å². The molecule has 0 radical (unpaired) electrons. The molecular formula is C9H20BN. The summed E-state index contributed by atoms with van der Waals surface area (Å²) in [5.41, 5.74) is 0. The van der Waals surface area contributed by atoms with E-state index in [1.165, 1.54) is 39.4 Å². The lowest BCUT2D eigenvalue weighted by Gasteiger charge is -2.21. The molecule has 1 fully saturated rings. The zero-order valence-corrected chi connectivity index (χ0v) is 7.90. The van der Waals surface area contributed by atoms with E-state index in [1.54, 1.807) is 0 Å². The van der Waals surface area contributed by atoms with Crippen molar-refractivity contribution in [2.24, 2.45) is 5.92 Å². The first-order valence-electron chi connectivity index (χ1n) is 5.11. The monoisotopic (exact) mass is 153 g/mol. The Bertz CT molecular complexity index is 99.7. The molecule has 2 heteroatoms. The molecule has 0 amide bonds. The molecule has 0 aliphatic carbocycles. The Morgan fingerprint density at radius 1 is 1.55 bits per heavy atom. The summed E-state index contributed by atoms with van der Waals surface area (Å²) >= 11 is 0. The van der Waals surface area contributed by atoms with E-state index >= 15 is 0 Å². The molecule has 0 aromatic carbocycles. The van der Waals surface area contributed by atoms with Gasteiger partial charge in [0.05, 0.1) is 0 Å². The summed E-state index contributed by atoms with van der Waals surface area (Å²) in [6.07, 6.45) is 5.50. The third kappa shape index (κ3) is 2.51. The molecule has 1 aliphatic heterocycles. The SMILES string of the molecule is CCCC(CC)C1BCCN1. The van der Waals surface area contributed by atoms with Crippen molar-refractivity contribution in [3.05, 3.63) is 0 Å². The number of nitrogens with one attached hydrogen (secondary N) is 1. The van der Waals surface area contributed by atoms with Crippen LogP contribution in [0.4, 0.5) is 0 Å². The molecule has 1 aliphatic rings. The van der Waals surface area contributed by atoms with Gasteiger partial charge in [-0.3, -0.25) is 0 Å². The summed E-state index contributed by atoms with van der Waals surface area (Å²) in [4.78, 5) is 0. The summed E-state index contributed by atoms with van der Waals surface area (Å²) in [7, 11) is 1.42. The largest absolute Gasteiger partial charge is 0.322 e. The molecule has 2 unspecified atom stereocenters. The fourth-order valence-electron chi connectivity index (χ4n) is 2.17. The van der Waals surface area contributed by atoms with E-state index in [0.29, 0.717) is 0 Å². The minimum atomic E-state index is 0.847. The Hall–Kier alpha value is 0.0249. The van der Waals surface area contributed by atoms with Gasteiger partial charge in [0.1, 0.15) is 7.28 Å². The Kier molecular flexibility index (Phi) is 3.99. The number of hydrogen-bond donors (Lipinski definition) is 1. The fourth-order valence-corrected chi connectivity index (χ4v) is 2.17. The molecule has 1 N–H and O–H groups in total. The molecule has 64 valence electrons. The predicted octanol–water partition coefficient (Wildman–Crippen LogP) is 1.60. The van der Waals surface area contributed by atoms with Crippen molar-refractivity contribution in [3.63, 3.8) is 0 Å². The fraction of sp³-hybridized carbons (Fsp3) is 1.00. The van der Waals surface area contributed by atoms with Gasteiger partial charge < -0.3 is 5.32 Å². The summed E-state index contributed by atoms with van der Waals surface area (Å²) in [6, 6.07) is 0. The van der Waals surface area contributed by atoms with Crippen LogP contribution in [-0.4, -0.2) is 19.8 Å². The van der Waals surface area contributed by atoms with E-state index < -0.39 is 0 Å². The van der Waals surface area contributed by atoms with Gasteiger partial charge in [-0.1, -0.05) is 33.0 Å². The van der Waals surface area contributed by atoms with E-state index in [2.05, 4.69) is 19.2 Å². The van der Waals surface area contributed by atoms with E-state index in [0.717, 1.165) is 11.9 Å². The lowest BCUT2D eigenvalue weighted by Crippen LogP contribution is -2.33. The first kappa shape index (κ1) is 9.12. The van der Waals surface area contributed by atoms with E-state index in [-0.39, 0.29) is 0 Å². The average molecular weight is 153 g/mol. The third-order valence-electron chi connectivity index (χ3n) is 2.85. The molecule has 0 aromatic heterocycles. The molecule has 0 aromatic rings. The quantitative estimate of drug-likeness (QED) is 0.605. The van der Waals surface area contributed by atoms with Crippen LogP contribution < -0.4 is 5.32 Å². The van der Waals surface area contributed by atoms with Crippen LogP contribution in [0.15, 0.2) is 0 Å². The van der Waals surface area contributed by atoms with E-state index in [9.17, 15) is 0 Å². The minimum Gasteiger partial charge on any atom is -0.322 e. The van der Waals surface area contributed by atoms with E-state index in [4.69, 9.17) is 0 Å². The maximum absolute atomic E-state index is 3.59. The van der Waals surface area contributed by atoms with E-state index in [1.807, 2.05) is 0 Å². The molecular weight excluding hydrogens is 133 g/mol. The van der Waals surface area contributed by atoms with Crippen LogP contribution in [0.25, 0.3) is 0 Å². The van der Waals surface area contributed by atoms with Gasteiger partial charge >= 0.3 is 0 Å². The van der Waals surface area contributed by atoms with Crippen LogP contribution in [-0.2, 0) is 0 Å². The van der Waals surface area contributed by atoms with Crippen molar-refractivity contribution in [2.45, 2.75) is 45.4 Å². The highest BCUT2D eigenvalue weighted by Gasteiger charge is 2.22. The predicted molar refractivity (Wildman–Crippen MR) is 52.4 cm³/mol. The minimum absolute atomic E-state index is 0.847. The highest BCUT2D eigenvalue weighted by Crippen LogP contribution is 2.17. The Balaban J connectivity index is 2.27. The third-order valence-corrected chi connectivity index (χ3v) is 2.85. The highest BCUT2D eigenvalue weighted by atomic mass is 14.9. The maximum atomic E-state index is 3.59. The summed E-state index contributed by atoms with van der Waals surface area (Å²) in [5.74, 6) is 1.79. The second-order valence-electron chi connectivity index (χ2n) is 3.66. The van der Waals surface area contributed by atoms with Gasteiger partial charge in [0.2, 0.25) is 0 Å². The standard InChI is InChI=1S/C9H20BN/c1-3-5-8(4-2)9-10-6-7-11-9/h8-11H,3-7H2,1-2H3. The van der Waals surface area contributed by atoms with Gasteiger partial charge in [-0.25, -0.2) is 0 Å². The Morgan fingerprint density at radius 3 is 2.82 bits per heavy atom. The van der Waals surface area contributed by atoms with Gasteiger partial charge in [0.15, 0.2) is 0 Å². The second kappa shape index (κ2) is 4.81. The van der Waals surface area contributed by atoms with Crippen molar-refractivity contribution in [1.29, 1.82) is 0 Å². The number of rotatable bonds is 4. The number of hydrogen-bond acceptors (Lipinski definition) is 1. The van der Waals surface area contributed by atoms with Crippen LogP contribution >= 0.6 is 0 Å². The molecule has 1 heterocycles. The molecule has 0 spiro atoms. The molecule has 11 heavy (non-hydrogen) atoms.